The van der Waals surface area contributed by atoms with Crippen molar-refractivity contribution in [3.8, 4) is 0 Å². The summed E-state index contributed by atoms with van der Waals surface area (Å²) in [5.74, 6) is -1.71. The first-order chi connectivity index (χ1) is 8.51. The van der Waals surface area contributed by atoms with Gasteiger partial charge in [-0.15, -0.1) is 11.3 Å². The summed E-state index contributed by atoms with van der Waals surface area (Å²) in [6.07, 6.45) is 0.607. The van der Waals surface area contributed by atoms with Crippen LogP contribution in [0.1, 0.15) is 18.5 Å². The lowest BCUT2D eigenvalue weighted by Gasteiger charge is -2.17. The molecule has 7 heteroatoms. The van der Waals surface area contributed by atoms with Crippen molar-refractivity contribution in [3.63, 3.8) is 0 Å². The molecule has 1 aliphatic rings. The van der Waals surface area contributed by atoms with Gasteiger partial charge in [-0.25, -0.2) is 14.2 Å². The predicted octanol–water partition coefficient (Wildman–Crippen LogP) is 1.10. The van der Waals surface area contributed by atoms with E-state index in [0.717, 1.165) is 5.69 Å². The lowest BCUT2D eigenvalue weighted by atomic mass is 10.1. The zero-order valence-electron chi connectivity index (χ0n) is 9.63. The minimum Gasteiger partial charge on any atom is -0.479 e. The third-order valence-corrected chi connectivity index (χ3v) is 3.67. The number of thiazole rings is 1. The average Bonchev–Trinajstić information content (AvgIpc) is 2.95. The highest BCUT2D eigenvalue weighted by atomic mass is 32.1. The highest BCUT2D eigenvalue weighted by Gasteiger charge is 2.46. The molecule has 0 bridgehead atoms. The Morgan fingerprint density at radius 3 is 2.94 bits per heavy atom. The van der Waals surface area contributed by atoms with E-state index in [1.54, 1.807) is 5.51 Å². The van der Waals surface area contributed by atoms with Gasteiger partial charge in [0.05, 0.1) is 17.7 Å². The summed E-state index contributed by atoms with van der Waals surface area (Å²) in [5.41, 5.74) is 0.237. The highest BCUT2D eigenvalue weighted by Crippen LogP contribution is 2.26. The summed E-state index contributed by atoms with van der Waals surface area (Å²) < 4.78 is 13.8. The monoisotopic (exact) mass is 272 g/mol. The number of aliphatic carboxylic acids is 1. The van der Waals surface area contributed by atoms with Crippen molar-refractivity contribution in [3.05, 3.63) is 16.6 Å². The molecule has 0 spiro atoms. The molecule has 0 radical (unpaired) electrons. The molecule has 1 saturated heterocycles. The number of likely N-dealkylation sites (tertiary alicyclic amines) is 1. The summed E-state index contributed by atoms with van der Waals surface area (Å²) in [6.45, 7) is -0.184. The smallest absolute Gasteiger partial charge is 0.343 e. The van der Waals surface area contributed by atoms with Crippen molar-refractivity contribution >= 4 is 23.2 Å². The number of nitrogens with zero attached hydrogens (tertiary/aromatic N) is 2. The molecule has 0 saturated carbocycles. The molecule has 18 heavy (non-hydrogen) atoms. The summed E-state index contributed by atoms with van der Waals surface area (Å²) >= 11 is 1.45. The number of carbonyl (C=O) groups is 2. The Morgan fingerprint density at radius 2 is 2.39 bits per heavy atom. The first-order valence-electron chi connectivity index (χ1n) is 5.58. The second-order valence-electron chi connectivity index (χ2n) is 4.32. The highest BCUT2D eigenvalue weighted by molar-refractivity contribution is 7.07. The molecule has 2 heterocycles. The van der Waals surface area contributed by atoms with Crippen LogP contribution in [0.25, 0.3) is 0 Å². The number of hydrogen-bond donors (Lipinski definition) is 1. The number of hydrogen-bond acceptors (Lipinski definition) is 4. The summed E-state index contributed by atoms with van der Waals surface area (Å²) in [4.78, 5) is 27.8. The lowest BCUT2D eigenvalue weighted by molar-refractivity contribution is -0.150. The van der Waals surface area contributed by atoms with Crippen LogP contribution in [-0.2, 0) is 16.0 Å². The van der Waals surface area contributed by atoms with E-state index in [0.29, 0.717) is 6.42 Å². The third-order valence-electron chi connectivity index (χ3n) is 3.03. The third kappa shape index (κ3) is 2.66. The van der Waals surface area contributed by atoms with Crippen molar-refractivity contribution in [1.29, 1.82) is 0 Å². The van der Waals surface area contributed by atoms with E-state index >= 15 is 0 Å². The normalized spacial score (nSPS) is 23.3. The van der Waals surface area contributed by atoms with Gasteiger partial charge in [0.15, 0.2) is 0 Å². The van der Waals surface area contributed by atoms with Gasteiger partial charge in [-0.3, -0.25) is 4.79 Å². The average molecular weight is 272 g/mol. The van der Waals surface area contributed by atoms with Crippen LogP contribution in [-0.4, -0.2) is 45.6 Å². The Morgan fingerprint density at radius 1 is 1.61 bits per heavy atom. The van der Waals surface area contributed by atoms with Crippen molar-refractivity contribution in [2.24, 2.45) is 0 Å². The molecular formula is C11H13FN2O3S. The number of amides is 1. The Labute approximate surface area is 107 Å². The molecule has 0 aliphatic carbocycles. The maximum atomic E-state index is 13.8. The van der Waals surface area contributed by atoms with Crippen molar-refractivity contribution in [2.75, 3.05) is 13.1 Å². The number of aromatic nitrogens is 1. The van der Waals surface area contributed by atoms with Crippen molar-refractivity contribution < 1.29 is 19.1 Å². The molecule has 1 aromatic rings. The molecule has 98 valence electrons. The number of carboxylic acids is 1. The van der Waals surface area contributed by atoms with Gasteiger partial charge in [-0.05, 0) is 6.42 Å². The number of rotatable bonds is 4. The number of carboxylic acid groups (broad SMARTS) is 1. The lowest BCUT2D eigenvalue weighted by Crippen LogP contribution is -2.38. The van der Waals surface area contributed by atoms with Crippen LogP contribution in [0.4, 0.5) is 4.39 Å². The molecule has 1 fully saturated rings. The second kappa shape index (κ2) is 5.01. The molecule has 1 atom stereocenters. The van der Waals surface area contributed by atoms with Crippen LogP contribution in [0.3, 0.4) is 0 Å². The topological polar surface area (TPSA) is 70.5 Å². The molecular weight excluding hydrogens is 259 g/mol. The van der Waals surface area contributed by atoms with Crippen LogP contribution in [0, 0.1) is 0 Å². The fourth-order valence-corrected chi connectivity index (χ4v) is 2.51. The van der Waals surface area contributed by atoms with Crippen LogP contribution in [0.5, 0.6) is 0 Å². The number of halogens is 1. The van der Waals surface area contributed by atoms with Crippen LogP contribution >= 0.6 is 11.3 Å². The quantitative estimate of drug-likeness (QED) is 0.891. The molecule has 1 amide bonds. The predicted molar refractivity (Wildman–Crippen MR) is 63.1 cm³/mol. The largest absolute Gasteiger partial charge is 0.479 e. The number of alkyl halides is 1. The zero-order chi connectivity index (χ0) is 13.2. The van der Waals surface area contributed by atoms with E-state index in [1.807, 2.05) is 5.38 Å². The van der Waals surface area contributed by atoms with Crippen LogP contribution in [0.15, 0.2) is 10.9 Å². The van der Waals surface area contributed by atoms with Gasteiger partial charge in [0.2, 0.25) is 11.6 Å². The Bertz CT molecular complexity index is 451. The van der Waals surface area contributed by atoms with E-state index in [9.17, 15) is 14.0 Å². The van der Waals surface area contributed by atoms with Gasteiger partial charge in [0, 0.05) is 24.8 Å². The van der Waals surface area contributed by atoms with Gasteiger partial charge < -0.3 is 10.0 Å². The Kier molecular flexibility index (Phi) is 3.60. The zero-order valence-corrected chi connectivity index (χ0v) is 10.5. The van der Waals surface area contributed by atoms with E-state index in [4.69, 9.17) is 5.11 Å². The minimum atomic E-state index is -2.28. The Hall–Kier alpha value is -1.50. The van der Waals surface area contributed by atoms with Gasteiger partial charge in [-0.1, -0.05) is 0 Å². The molecule has 1 N–H and O–H groups in total. The first kappa shape index (κ1) is 12.9. The van der Waals surface area contributed by atoms with E-state index in [-0.39, 0.29) is 31.8 Å². The molecule has 1 aromatic heterocycles. The Balaban J connectivity index is 1.86. The minimum absolute atomic E-state index is 0.134. The maximum absolute atomic E-state index is 13.8. The standard InChI is InChI=1S/C11H13FN2O3S/c12-11(10(16)17)3-4-14(6-11)9(15)2-1-8-5-18-7-13-8/h5,7H,1-4,6H2,(H,16,17). The van der Waals surface area contributed by atoms with E-state index in [2.05, 4.69) is 4.98 Å². The van der Waals surface area contributed by atoms with E-state index < -0.39 is 11.6 Å². The molecule has 2 rings (SSSR count). The van der Waals surface area contributed by atoms with Gasteiger partial charge in [0.25, 0.3) is 0 Å². The number of aryl methyl sites for hydroxylation is 1. The summed E-state index contributed by atoms with van der Waals surface area (Å²) in [6, 6.07) is 0. The van der Waals surface area contributed by atoms with E-state index in [1.165, 1.54) is 16.2 Å². The molecule has 5 nitrogen and oxygen atoms in total. The maximum Gasteiger partial charge on any atom is 0.343 e. The fourth-order valence-electron chi connectivity index (χ4n) is 1.91. The summed E-state index contributed by atoms with van der Waals surface area (Å²) in [5, 5.41) is 10.6. The molecule has 1 aliphatic heterocycles. The van der Waals surface area contributed by atoms with Gasteiger partial charge >= 0.3 is 5.97 Å². The molecule has 1 unspecified atom stereocenters. The van der Waals surface area contributed by atoms with Crippen LogP contribution in [0.2, 0.25) is 0 Å². The first-order valence-corrected chi connectivity index (χ1v) is 6.53. The second-order valence-corrected chi connectivity index (χ2v) is 5.03. The van der Waals surface area contributed by atoms with Gasteiger partial charge in [0.1, 0.15) is 0 Å². The van der Waals surface area contributed by atoms with Crippen LogP contribution < -0.4 is 0 Å². The van der Waals surface area contributed by atoms with Crippen molar-refractivity contribution in [1.82, 2.24) is 9.88 Å². The SMILES string of the molecule is O=C(CCc1cscn1)N1CCC(F)(C(=O)O)C1. The number of carbonyl (C=O) groups excluding carboxylic acids is 1. The van der Waals surface area contributed by atoms with Gasteiger partial charge in [-0.2, -0.15) is 0 Å². The van der Waals surface area contributed by atoms with Crippen molar-refractivity contribution in [2.45, 2.75) is 24.9 Å². The summed E-state index contributed by atoms with van der Waals surface area (Å²) in [7, 11) is 0. The molecule has 0 aromatic carbocycles. The fraction of sp³-hybridized carbons (Fsp3) is 0.545.